The fourth-order valence-electron chi connectivity index (χ4n) is 3.96. The number of anilines is 1. The number of allylic oxidation sites excluding steroid dienone is 2. The average molecular weight is 418 g/mol. The first-order valence-electron chi connectivity index (χ1n) is 8.78. The number of fused-ring (bicyclic) bond motifs is 3. The van der Waals surface area contributed by atoms with Gasteiger partial charge in [-0.15, -0.1) is 11.3 Å². The van der Waals surface area contributed by atoms with E-state index in [4.69, 9.17) is 0 Å². The lowest BCUT2D eigenvalue weighted by Crippen LogP contribution is -2.36. The molecule has 2 bridgehead atoms. The topological polar surface area (TPSA) is 106 Å². The number of esters is 1. The minimum Gasteiger partial charge on any atom is -0.481 e. The Morgan fingerprint density at radius 3 is 2.75 bits per heavy atom. The molecular formula is C19H18N2O5S2. The quantitative estimate of drug-likeness (QED) is 0.422. The van der Waals surface area contributed by atoms with Crippen LogP contribution in [-0.2, 0) is 19.1 Å². The smallest absolute Gasteiger partial charge is 0.316 e. The van der Waals surface area contributed by atoms with Gasteiger partial charge in [-0.3, -0.25) is 14.4 Å². The first-order chi connectivity index (χ1) is 13.5. The van der Waals surface area contributed by atoms with E-state index in [0.29, 0.717) is 5.69 Å². The van der Waals surface area contributed by atoms with Gasteiger partial charge in [-0.1, -0.05) is 23.9 Å². The maximum Gasteiger partial charge on any atom is 0.316 e. The Balaban J connectivity index is 1.48. The van der Waals surface area contributed by atoms with Crippen molar-refractivity contribution in [2.45, 2.75) is 10.8 Å². The number of hydrogen-bond donors (Lipinski definition) is 2. The molecule has 1 heterocycles. The van der Waals surface area contributed by atoms with Crippen molar-refractivity contribution in [3.8, 4) is 0 Å². The van der Waals surface area contributed by atoms with Crippen molar-refractivity contribution in [1.82, 2.24) is 4.98 Å². The number of thioether (sulfide) groups is 1. The molecule has 0 spiro atoms. The summed E-state index contributed by atoms with van der Waals surface area (Å²) in [4.78, 5) is 40.1. The maximum atomic E-state index is 12.8. The van der Waals surface area contributed by atoms with Crippen molar-refractivity contribution in [3.05, 3.63) is 30.4 Å². The van der Waals surface area contributed by atoms with Crippen molar-refractivity contribution < 1.29 is 24.2 Å². The summed E-state index contributed by atoms with van der Waals surface area (Å²) in [5, 5.41) is 12.4. The minimum absolute atomic E-state index is 0.0143. The number of methoxy groups -OCH3 is 1. The number of ether oxygens (including phenoxy) is 1. The average Bonchev–Trinajstić information content (AvgIpc) is 3.38. The van der Waals surface area contributed by atoms with Gasteiger partial charge < -0.3 is 15.2 Å². The van der Waals surface area contributed by atoms with Crippen LogP contribution in [0.25, 0.3) is 10.2 Å². The van der Waals surface area contributed by atoms with Gasteiger partial charge >= 0.3 is 11.9 Å². The van der Waals surface area contributed by atoms with E-state index in [2.05, 4.69) is 15.0 Å². The predicted octanol–water partition coefficient (Wildman–Crippen LogP) is 3.02. The minimum atomic E-state index is -0.915. The zero-order chi connectivity index (χ0) is 19.8. The summed E-state index contributed by atoms with van der Waals surface area (Å²) < 4.78 is 6.25. The van der Waals surface area contributed by atoms with E-state index in [-0.39, 0.29) is 29.5 Å². The van der Waals surface area contributed by atoms with Gasteiger partial charge in [0.1, 0.15) is 0 Å². The Morgan fingerprint density at radius 1 is 1.29 bits per heavy atom. The van der Waals surface area contributed by atoms with Crippen LogP contribution in [-0.4, -0.2) is 40.8 Å². The molecule has 2 N–H and O–H groups in total. The second-order valence-electron chi connectivity index (χ2n) is 6.85. The third-order valence-electron chi connectivity index (χ3n) is 5.22. The number of carboxylic acids is 1. The third kappa shape index (κ3) is 3.51. The number of nitrogens with zero attached hydrogens (tertiary/aromatic N) is 1. The molecule has 146 valence electrons. The highest BCUT2D eigenvalue weighted by Gasteiger charge is 2.51. The fourth-order valence-corrected chi connectivity index (χ4v) is 5.90. The van der Waals surface area contributed by atoms with Crippen LogP contribution < -0.4 is 5.32 Å². The summed E-state index contributed by atoms with van der Waals surface area (Å²) in [5.74, 6) is -2.58. The molecule has 2 aliphatic rings. The van der Waals surface area contributed by atoms with E-state index < -0.39 is 17.8 Å². The predicted molar refractivity (Wildman–Crippen MR) is 106 cm³/mol. The molecule has 7 nitrogen and oxygen atoms in total. The van der Waals surface area contributed by atoms with Crippen LogP contribution in [0.2, 0.25) is 0 Å². The van der Waals surface area contributed by atoms with Crippen molar-refractivity contribution in [1.29, 1.82) is 0 Å². The van der Waals surface area contributed by atoms with E-state index in [0.717, 1.165) is 21.0 Å². The fraction of sp³-hybridized carbons (Fsp3) is 0.368. The van der Waals surface area contributed by atoms with Crippen molar-refractivity contribution in [2.75, 3.05) is 18.2 Å². The number of benzene rings is 1. The van der Waals surface area contributed by atoms with Crippen molar-refractivity contribution >= 4 is 56.8 Å². The van der Waals surface area contributed by atoms with Crippen LogP contribution in [0, 0.1) is 23.7 Å². The number of carboxylic acid groups (broad SMARTS) is 1. The number of aliphatic carboxylic acids is 1. The van der Waals surface area contributed by atoms with Gasteiger partial charge in [-0.05, 0) is 36.5 Å². The molecule has 1 fully saturated rings. The van der Waals surface area contributed by atoms with Crippen LogP contribution >= 0.6 is 23.1 Å². The van der Waals surface area contributed by atoms with Crippen molar-refractivity contribution in [2.24, 2.45) is 23.7 Å². The molecule has 1 aromatic carbocycles. The van der Waals surface area contributed by atoms with E-state index in [1.807, 2.05) is 18.2 Å². The molecule has 2 aromatic rings. The lowest BCUT2D eigenvalue weighted by atomic mass is 9.82. The summed E-state index contributed by atoms with van der Waals surface area (Å²) in [6.07, 6.45) is 4.61. The molecule has 0 radical (unpaired) electrons. The number of hydrogen-bond acceptors (Lipinski definition) is 7. The van der Waals surface area contributed by atoms with E-state index in [1.54, 1.807) is 12.1 Å². The molecule has 0 unspecified atom stereocenters. The van der Waals surface area contributed by atoms with Crippen LogP contribution in [0.1, 0.15) is 6.42 Å². The second kappa shape index (κ2) is 7.56. The first-order valence-corrected chi connectivity index (χ1v) is 10.6. The molecule has 1 amide bonds. The molecular weight excluding hydrogens is 400 g/mol. The second-order valence-corrected chi connectivity index (χ2v) is 9.11. The molecule has 4 rings (SSSR count). The number of carbonyl (C=O) groups is 3. The monoisotopic (exact) mass is 418 g/mol. The summed E-state index contributed by atoms with van der Waals surface area (Å²) in [7, 11) is 1.34. The van der Waals surface area contributed by atoms with E-state index in [1.165, 1.54) is 30.2 Å². The van der Waals surface area contributed by atoms with Gasteiger partial charge in [0.05, 0.1) is 34.9 Å². The van der Waals surface area contributed by atoms with Gasteiger partial charge in [-0.25, -0.2) is 4.98 Å². The highest BCUT2D eigenvalue weighted by molar-refractivity contribution is 8.01. The van der Waals surface area contributed by atoms with Crippen LogP contribution in [0.15, 0.2) is 34.7 Å². The molecule has 2 aliphatic carbocycles. The van der Waals surface area contributed by atoms with Crippen LogP contribution in [0.3, 0.4) is 0 Å². The normalized spacial score (nSPS) is 25.2. The molecule has 1 aromatic heterocycles. The Morgan fingerprint density at radius 2 is 2.04 bits per heavy atom. The third-order valence-corrected chi connectivity index (χ3v) is 7.36. The molecule has 0 aliphatic heterocycles. The molecule has 4 atom stereocenters. The Hall–Kier alpha value is -2.39. The van der Waals surface area contributed by atoms with E-state index in [9.17, 15) is 19.5 Å². The van der Waals surface area contributed by atoms with Crippen molar-refractivity contribution in [3.63, 3.8) is 0 Å². The zero-order valence-corrected chi connectivity index (χ0v) is 16.6. The highest BCUT2D eigenvalue weighted by atomic mass is 32.2. The zero-order valence-electron chi connectivity index (χ0n) is 15.0. The SMILES string of the molecule is COC(=O)CSc1nc2ccc(NC(=O)[C@@H]3[C@H](C(=O)O)[C@H]4C=C[C@H]3C4)cc2s1. The number of rotatable bonds is 6. The number of amides is 1. The molecule has 1 saturated carbocycles. The molecule has 28 heavy (non-hydrogen) atoms. The molecule has 9 heteroatoms. The van der Waals surface area contributed by atoms with Gasteiger partial charge in [0.15, 0.2) is 4.34 Å². The number of carbonyl (C=O) groups excluding carboxylic acids is 2. The first kappa shape index (κ1) is 18.9. The largest absolute Gasteiger partial charge is 0.481 e. The lowest BCUT2D eigenvalue weighted by Gasteiger charge is -2.23. The van der Waals surface area contributed by atoms with Gasteiger partial charge in [0.25, 0.3) is 0 Å². The van der Waals surface area contributed by atoms with Crippen LogP contribution in [0.5, 0.6) is 0 Å². The summed E-state index contributed by atoms with van der Waals surface area (Å²) in [5.41, 5.74) is 1.39. The summed E-state index contributed by atoms with van der Waals surface area (Å²) in [6.45, 7) is 0. The van der Waals surface area contributed by atoms with Gasteiger partial charge in [0.2, 0.25) is 5.91 Å². The Labute approximate surface area is 169 Å². The van der Waals surface area contributed by atoms with Gasteiger partial charge in [0, 0.05) is 5.69 Å². The van der Waals surface area contributed by atoms with E-state index >= 15 is 0 Å². The summed E-state index contributed by atoms with van der Waals surface area (Å²) in [6, 6.07) is 5.39. The number of thiazole rings is 1. The summed E-state index contributed by atoms with van der Waals surface area (Å²) >= 11 is 2.73. The Kier molecular flexibility index (Phi) is 5.11. The Bertz CT molecular complexity index is 986. The highest BCUT2D eigenvalue weighted by Crippen LogP contribution is 2.48. The standard InChI is InChI=1S/C19H18N2O5S2/c1-26-14(22)8-27-19-21-12-5-4-11(7-13(12)28-19)20-17(23)15-9-2-3-10(6-9)16(15)18(24)25/h2-5,7,9-10,15-16H,6,8H2,1H3,(H,20,23)(H,24,25)/t9-,10-,15-,16+/m0/s1. The number of aromatic nitrogens is 1. The lowest BCUT2D eigenvalue weighted by molar-refractivity contribution is -0.146. The van der Waals surface area contributed by atoms with Crippen LogP contribution in [0.4, 0.5) is 5.69 Å². The molecule has 0 saturated heterocycles. The maximum absolute atomic E-state index is 12.8. The van der Waals surface area contributed by atoms with Gasteiger partial charge in [-0.2, -0.15) is 0 Å². The number of nitrogens with one attached hydrogen (secondary N) is 1.